The standard InChI is InChI=1S/C24H24Cl2N4O4/c1-2-33-24(32)19-7-6-18(13-20(19)26)27-23(31)15-8-10-30(11-9-15)14-21-28-22(29-34-21)16-4-3-5-17(25)12-16/h3-7,12-13,15H,2,8-11,14H2,1H3,(H,27,31). The van der Waals surface area contributed by atoms with E-state index in [9.17, 15) is 9.59 Å². The predicted molar refractivity (Wildman–Crippen MR) is 129 cm³/mol. The fourth-order valence-corrected chi connectivity index (χ4v) is 4.27. The molecule has 1 N–H and O–H groups in total. The molecule has 1 saturated heterocycles. The van der Waals surface area contributed by atoms with Crippen molar-refractivity contribution in [2.75, 3.05) is 25.0 Å². The number of piperidine rings is 1. The van der Waals surface area contributed by atoms with Gasteiger partial charge in [0.1, 0.15) is 0 Å². The van der Waals surface area contributed by atoms with Crippen molar-refractivity contribution in [3.05, 3.63) is 64.0 Å². The Morgan fingerprint density at radius 1 is 1.18 bits per heavy atom. The number of likely N-dealkylation sites (tertiary alicyclic amines) is 1. The van der Waals surface area contributed by atoms with E-state index in [-0.39, 0.29) is 29.0 Å². The second-order valence-corrected chi connectivity index (χ2v) is 8.82. The van der Waals surface area contributed by atoms with Crippen molar-refractivity contribution < 1.29 is 18.8 Å². The van der Waals surface area contributed by atoms with Gasteiger partial charge in [-0.3, -0.25) is 9.69 Å². The van der Waals surface area contributed by atoms with E-state index in [0.717, 1.165) is 18.7 Å². The van der Waals surface area contributed by atoms with E-state index in [0.29, 0.717) is 41.8 Å². The molecule has 2 heterocycles. The fourth-order valence-electron chi connectivity index (χ4n) is 3.82. The molecule has 0 spiro atoms. The second kappa shape index (κ2) is 11.0. The number of aromatic nitrogens is 2. The summed E-state index contributed by atoms with van der Waals surface area (Å²) < 4.78 is 10.4. The van der Waals surface area contributed by atoms with E-state index < -0.39 is 5.97 Å². The number of rotatable bonds is 7. The van der Waals surface area contributed by atoms with E-state index in [1.807, 2.05) is 12.1 Å². The predicted octanol–water partition coefficient (Wildman–Crippen LogP) is 5.07. The highest BCUT2D eigenvalue weighted by Gasteiger charge is 2.26. The number of anilines is 1. The van der Waals surface area contributed by atoms with E-state index in [4.69, 9.17) is 32.5 Å². The lowest BCUT2D eigenvalue weighted by atomic mass is 9.96. The van der Waals surface area contributed by atoms with E-state index in [1.54, 1.807) is 37.3 Å². The molecule has 2 aromatic carbocycles. The number of nitrogens with one attached hydrogen (secondary N) is 1. The molecule has 0 aliphatic carbocycles. The van der Waals surface area contributed by atoms with Crippen molar-refractivity contribution in [2.24, 2.45) is 5.92 Å². The first-order chi connectivity index (χ1) is 16.4. The maximum absolute atomic E-state index is 12.7. The summed E-state index contributed by atoms with van der Waals surface area (Å²) in [5.41, 5.74) is 1.62. The number of amides is 1. The molecule has 0 radical (unpaired) electrons. The second-order valence-electron chi connectivity index (χ2n) is 7.98. The molecule has 1 aromatic heterocycles. The normalized spacial score (nSPS) is 14.7. The largest absolute Gasteiger partial charge is 0.462 e. The molecule has 1 amide bonds. The van der Waals surface area contributed by atoms with Gasteiger partial charge in [-0.25, -0.2) is 4.79 Å². The Bertz CT molecular complexity index is 1180. The van der Waals surface area contributed by atoms with E-state index in [2.05, 4.69) is 20.4 Å². The molecule has 10 heteroatoms. The summed E-state index contributed by atoms with van der Waals surface area (Å²) in [4.78, 5) is 31.3. The molecule has 1 aliphatic rings. The number of hydrogen-bond acceptors (Lipinski definition) is 7. The third kappa shape index (κ3) is 5.94. The summed E-state index contributed by atoms with van der Waals surface area (Å²) >= 11 is 12.2. The zero-order chi connectivity index (χ0) is 24.1. The lowest BCUT2D eigenvalue weighted by Gasteiger charge is -2.30. The smallest absolute Gasteiger partial charge is 0.339 e. The van der Waals surface area contributed by atoms with Gasteiger partial charge in [0.2, 0.25) is 17.6 Å². The topological polar surface area (TPSA) is 97.6 Å². The third-order valence-electron chi connectivity index (χ3n) is 5.60. The van der Waals surface area contributed by atoms with Crippen LogP contribution in [0.2, 0.25) is 10.0 Å². The Kier molecular flexibility index (Phi) is 7.82. The monoisotopic (exact) mass is 502 g/mol. The van der Waals surface area contributed by atoms with Crippen LogP contribution >= 0.6 is 23.2 Å². The van der Waals surface area contributed by atoms with Crippen molar-refractivity contribution >= 4 is 40.8 Å². The van der Waals surface area contributed by atoms with Crippen molar-refractivity contribution in [3.63, 3.8) is 0 Å². The number of ether oxygens (including phenoxy) is 1. The molecule has 4 rings (SSSR count). The van der Waals surface area contributed by atoms with Crippen LogP contribution in [-0.4, -0.2) is 46.6 Å². The molecule has 0 atom stereocenters. The number of carbonyl (C=O) groups is 2. The van der Waals surface area contributed by atoms with Gasteiger partial charge in [0.25, 0.3) is 0 Å². The van der Waals surface area contributed by atoms with Gasteiger partial charge in [-0.15, -0.1) is 0 Å². The van der Waals surface area contributed by atoms with Gasteiger partial charge in [-0.2, -0.15) is 4.98 Å². The van der Waals surface area contributed by atoms with Crippen LogP contribution in [0.1, 0.15) is 36.0 Å². The van der Waals surface area contributed by atoms with Gasteiger partial charge in [0.15, 0.2) is 0 Å². The molecule has 34 heavy (non-hydrogen) atoms. The molecule has 0 bridgehead atoms. The maximum atomic E-state index is 12.7. The number of esters is 1. The van der Waals surface area contributed by atoms with Crippen LogP contribution in [0.5, 0.6) is 0 Å². The van der Waals surface area contributed by atoms with Gasteiger partial charge in [0.05, 0.1) is 23.7 Å². The molecule has 0 saturated carbocycles. The average Bonchev–Trinajstić information content (AvgIpc) is 3.28. The first kappa shape index (κ1) is 24.2. The number of hydrogen-bond donors (Lipinski definition) is 1. The van der Waals surface area contributed by atoms with Gasteiger partial charge in [-0.05, 0) is 63.2 Å². The number of nitrogens with zero attached hydrogens (tertiary/aromatic N) is 3. The van der Waals surface area contributed by atoms with E-state index >= 15 is 0 Å². The van der Waals surface area contributed by atoms with Crippen LogP contribution < -0.4 is 5.32 Å². The van der Waals surface area contributed by atoms with Crippen LogP contribution in [0.15, 0.2) is 47.0 Å². The van der Waals surface area contributed by atoms with Crippen LogP contribution in [0.4, 0.5) is 5.69 Å². The minimum Gasteiger partial charge on any atom is -0.462 e. The SMILES string of the molecule is CCOC(=O)c1ccc(NC(=O)C2CCN(Cc3nc(-c4cccc(Cl)c4)no3)CC2)cc1Cl. The Morgan fingerprint density at radius 3 is 2.68 bits per heavy atom. The van der Waals surface area contributed by atoms with Gasteiger partial charge in [-0.1, -0.05) is 40.5 Å². The molecular weight excluding hydrogens is 479 g/mol. The van der Waals surface area contributed by atoms with Crippen molar-refractivity contribution in [3.8, 4) is 11.4 Å². The van der Waals surface area contributed by atoms with Crippen molar-refractivity contribution in [2.45, 2.75) is 26.3 Å². The Labute approximate surface area is 207 Å². The summed E-state index contributed by atoms with van der Waals surface area (Å²) in [6, 6.07) is 12.1. The molecule has 8 nitrogen and oxygen atoms in total. The summed E-state index contributed by atoms with van der Waals surface area (Å²) in [7, 11) is 0. The molecule has 1 aliphatic heterocycles. The number of halogens is 2. The lowest BCUT2D eigenvalue weighted by molar-refractivity contribution is -0.121. The Hall–Kier alpha value is -2.94. The number of carbonyl (C=O) groups excluding carboxylic acids is 2. The first-order valence-corrected chi connectivity index (χ1v) is 11.8. The molecule has 178 valence electrons. The Morgan fingerprint density at radius 2 is 1.97 bits per heavy atom. The molecule has 0 unspecified atom stereocenters. The van der Waals surface area contributed by atoms with Crippen LogP contribution in [0.25, 0.3) is 11.4 Å². The molecule has 3 aromatic rings. The van der Waals surface area contributed by atoms with Crippen molar-refractivity contribution in [1.82, 2.24) is 15.0 Å². The summed E-state index contributed by atoms with van der Waals surface area (Å²) in [6.07, 6.45) is 1.41. The highest BCUT2D eigenvalue weighted by Crippen LogP contribution is 2.25. The maximum Gasteiger partial charge on any atom is 0.339 e. The molecule has 1 fully saturated rings. The minimum absolute atomic E-state index is 0.0689. The number of benzene rings is 2. The third-order valence-corrected chi connectivity index (χ3v) is 6.15. The Balaban J connectivity index is 1.28. The summed E-state index contributed by atoms with van der Waals surface area (Å²) in [5.74, 6) is 0.345. The zero-order valence-corrected chi connectivity index (χ0v) is 20.1. The van der Waals surface area contributed by atoms with Crippen LogP contribution in [0, 0.1) is 5.92 Å². The van der Waals surface area contributed by atoms with Crippen molar-refractivity contribution in [1.29, 1.82) is 0 Å². The minimum atomic E-state index is -0.487. The fraction of sp³-hybridized carbons (Fsp3) is 0.333. The van der Waals surface area contributed by atoms with Crippen LogP contribution in [0.3, 0.4) is 0 Å². The highest BCUT2D eigenvalue weighted by molar-refractivity contribution is 6.34. The lowest BCUT2D eigenvalue weighted by Crippen LogP contribution is -2.37. The van der Waals surface area contributed by atoms with Gasteiger partial charge >= 0.3 is 5.97 Å². The quantitative estimate of drug-likeness (QED) is 0.450. The average molecular weight is 503 g/mol. The first-order valence-electron chi connectivity index (χ1n) is 11.0. The van der Waals surface area contributed by atoms with E-state index in [1.165, 1.54) is 0 Å². The summed E-state index contributed by atoms with van der Waals surface area (Å²) in [6.45, 7) is 3.98. The molecular formula is C24H24Cl2N4O4. The van der Waals surface area contributed by atoms with Gasteiger partial charge in [0, 0.05) is 22.2 Å². The van der Waals surface area contributed by atoms with Crippen LogP contribution in [-0.2, 0) is 16.1 Å². The van der Waals surface area contributed by atoms with Gasteiger partial charge < -0.3 is 14.6 Å². The summed E-state index contributed by atoms with van der Waals surface area (Å²) in [5, 5.41) is 7.79. The highest BCUT2D eigenvalue weighted by atomic mass is 35.5. The zero-order valence-electron chi connectivity index (χ0n) is 18.6.